The van der Waals surface area contributed by atoms with Gasteiger partial charge in [-0.1, -0.05) is 0 Å². The van der Waals surface area contributed by atoms with Crippen LogP contribution >= 0.6 is 11.3 Å². The third-order valence-electron chi connectivity index (χ3n) is 5.35. The van der Waals surface area contributed by atoms with Gasteiger partial charge in [0.25, 0.3) is 15.9 Å². The van der Waals surface area contributed by atoms with Crippen molar-refractivity contribution in [3.05, 3.63) is 66.5 Å². The lowest BCUT2D eigenvalue weighted by molar-refractivity contribution is -0.124. The van der Waals surface area contributed by atoms with Crippen molar-refractivity contribution in [2.24, 2.45) is 0 Å². The highest BCUT2D eigenvalue weighted by Crippen LogP contribution is 2.33. The Balaban J connectivity index is 1.41. The quantitative estimate of drug-likeness (QED) is 0.272. The summed E-state index contributed by atoms with van der Waals surface area (Å²) < 4.78 is 33.1. The molecule has 0 radical (unpaired) electrons. The summed E-state index contributed by atoms with van der Waals surface area (Å²) in [4.78, 5) is 14.3. The number of hydrogen-bond acceptors (Lipinski definition) is 7. The van der Waals surface area contributed by atoms with Crippen LogP contribution in [0.1, 0.15) is 18.4 Å². The molecule has 0 atom stereocenters. The molecule has 0 bridgehead atoms. The van der Waals surface area contributed by atoms with Crippen molar-refractivity contribution in [3.8, 4) is 16.2 Å². The second-order valence-corrected chi connectivity index (χ2v) is 10.8. The van der Waals surface area contributed by atoms with Gasteiger partial charge in [-0.05, 0) is 85.6 Å². The number of hydrogen-bond donors (Lipinski definition) is 2. The van der Waals surface area contributed by atoms with E-state index in [0.717, 1.165) is 45.9 Å². The standard InChI is InChI=1S/C23H25N3O5S2/c27-22(24-28)9-3-18-11-14-26(17-18)33(29,30)23-10-8-21(32-23)19-4-6-20(7-5-19)31-16-15-25-12-1-2-13-25/h3-11,14,17,28H,1-2,12-13,15-16H2,(H,24,27). The highest BCUT2D eigenvalue weighted by atomic mass is 32.2. The van der Waals surface area contributed by atoms with Crippen LogP contribution in [0.25, 0.3) is 16.5 Å². The molecule has 174 valence electrons. The summed E-state index contributed by atoms with van der Waals surface area (Å²) in [6, 6.07) is 12.6. The maximum absolute atomic E-state index is 13.0. The molecule has 2 aromatic heterocycles. The number of nitrogens with zero attached hydrogens (tertiary/aromatic N) is 2. The van der Waals surface area contributed by atoms with Crippen molar-refractivity contribution in [2.45, 2.75) is 17.1 Å². The molecular weight excluding hydrogens is 462 g/mol. The Labute approximate surface area is 196 Å². The summed E-state index contributed by atoms with van der Waals surface area (Å²) in [6.07, 6.45) is 7.86. The number of benzene rings is 1. The number of amides is 1. The lowest BCUT2D eigenvalue weighted by Crippen LogP contribution is -2.25. The molecule has 0 unspecified atom stereocenters. The first kappa shape index (κ1) is 23.2. The van der Waals surface area contributed by atoms with E-state index in [0.29, 0.717) is 12.2 Å². The third-order valence-corrected chi connectivity index (χ3v) is 8.59. The summed E-state index contributed by atoms with van der Waals surface area (Å²) in [5.74, 6) is 0.0988. The van der Waals surface area contributed by atoms with Gasteiger partial charge >= 0.3 is 0 Å². The van der Waals surface area contributed by atoms with Crippen molar-refractivity contribution in [3.63, 3.8) is 0 Å². The molecule has 0 spiro atoms. The molecule has 3 aromatic rings. The minimum Gasteiger partial charge on any atom is -0.492 e. The van der Waals surface area contributed by atoms with Gasteiger partial charge in [-0.15, -0.1) is 11.3 Å². The zero-order chi connectivity index (χ0) is 23.3. The Kier molecular flexibility index (Phi) is 7.29. The molecule has 1 amide bonds. The average Bonchev–Trinajstić information content (AvgIpc) is 3.60. The summed E-state index contributed by atoms with van der Waals surface area (Å²) in [6.45, 7) is 3.88. The smallest absolute Gasteiger partial charge is 0.277 e. The van der Waals surface area contributed by atoms with E-state index in [1.807, 2.05) is 24.3 Å². The van der Waals surface area contributed by atoms with Crippen molar-refractivity contribution in [1.82, 2.24) is 14.4 Å². The number of likely N-dealkylation sites (tertiary alicyclic amines) is 1. The summed E-state index contributed by atoms with van der Waals surface area (Å²) in [5, 5.41) is 8.53. The normalized spacial score (nSPS) is 14.7. The number of thiophene rings is 1. The van der Waals surface area contributed by atoms with Gasteiger partial charge in [0.2, 0.25) is 0 Å². The third kappa shape index (κ3) is 5.72. The highest BCUT2D eigenvalue weighted by Gasteiger charge is 2.19. The largest absolute Gasteiger partial charge is 0.492 e. The Hall–Kier alpha value is -2.92. The van der Waals surface area contributed by atoms with E-state index in [2.05, 4.69) is 4.90 Å². The minimum atomic E-state index is -3.76. The van der Waals surface area contributed by atoms with Crippen LogP contribution in [-0.4, -0.2) is 54.6 Å². The van der Waals surface area contributed by atoms with Crippen molar-refractivity contribution in [2.75, 3.05) is 26.2 Å². The van der Waals surface area contributed by atoms with Gasteiger partial charge in [0, 0.05) is 29.9 Å². The van der Waals surface area contributed by atoms with Crippen molar-refractivity contribution >= 4 is 33.3 Å². The average molecular weight is 488 g/mol. The van der Waals surface area contributed by atoms with E-state index in [-0.39, 0.29) is 4.21 Å². The Bertz CT molecular complexity index is 1220. The molecular formula is C23H25N3O5S2. The van der Waals surface area contributed by atoms with Gasteiger partial charge in [0.1, 0.15) is 16.6 Å². The molecule has 0 saturated carbocycles. The van der Waals surface area contributed by atoms with E-state index >= 15 is 0 Å². The van der Waals surface area contributed by atoms with Crippen LogP contribution in [0.3, 0.4) is 0 Å². The van der Waals surface area contributed by atoms with Gasteiger partial charge in [0.15, 0.2) is 0 Å². The number of carbonyl (C=O) groups excluding carboxylic acids is 1. The van der Waals surface area contributed by atoms with Crippen LogP contribution in [-0.2, 0) is 14.8 Å². The highest BCUT2D eigenvalue weighted by molar-refractivity contribution is 7.92. The fraction of sp³-hybridized carbons (Fsp3) is 0.261. The molecule has 10 heteroatoms. The first-order valence-corrected chi connectivity index (χ1v) is 12.8. The van der Waals surface area contributed by atoms with Gasteiger partial charge < -0.3 is 4.74 Å². The van der Waals surface area contributed by atoms with Gasteiger partial charge in [0.05, 0.1) is 0 Å². The molecule has 3 heterocycles. The summed E-state index contributed by atoms with van der Waals surface area (Å²) in [7, 11) is -3.76. The molecule has 1 aliphatic rings. The molecule has 1 aromatic carbocycles. The number of ether oxygens (including phenoxy) is 1. The van der Waals surface area contributed by atoms with Gasteiger partial charge in [-0.25, -0.2) is 9.45 Å². The van der Waals surface area contributed by atoms with E-state index in [9.17, 15) is 13.2 Å². The Morgan fingerprint density at radius 1 is 1.12 bits per heavy atom. The van der Waals surface area contributed by atoms with Crippen LogP contribution in [0.5, 0.6) is 5.75 Å². The lowest BCUT2D eigenvalue weighted by Gasteiger charge is -2.14. The Morgan fingerprint density at radius 3 is 2.61 bits per heavy atom. The molecule has 4 rings (SSSR count). The van der Waals surface area contributed by atoms with Crippen LogP contribution in [0, 0.1) is 0 Å². The van der Waals surface area contributed by atoms with Crippen LogP contribution < -0.4 is 10.2 Å². The summed E-state index contributed by atoms with van der Waals surface area (Å²) in [5.41, 5.74) is 2.91. The monoisotopic (exact) mass is 487 g/mol. The molecule has 0 aliphatic carbocycles. The molecule has 1 saturated heterocycles. The van der Waals surface area contributed by atoms with Crippen LogP contribution in [0.2, 0.25) is 0 Å². The molecule has 2 N–H and O–H groups in total. The SMILES string of the molecule is O=C(C=Cc1ccn(S(=O)(=O)c2ccc(-c3ccc(OCCN4CCCC4)cc3)s2)c1)NO. The number of aromatic nitrogens is 1. The number of rotatable bonds is 9. The van der Waals surface area contributed by atoms with Crippen molar-refractivity contribution in [1.29, 1.82) is 0 Å². The van der Waals surface area contributed by atoms with E-state index in [1.165, 1.54) is 48.1 Å². The molecule has 8 nitrogen and oxygen atoms in total. The summed E-state index contributed by atoms with van der Waals surface area (Å²) >= 11 is 1.19. The predicted octanol–water partition coefficient (Wildman–Crippen LogP) is 3.45. The van der Waals surface area contributed by atoms with Gasteiger partial charge in [-0.2, -0.15) is 8.42 Å². The predicted molar refractivity (Wildman–Crippen MR) is 127 cm³/mol. The second-order valence-electron chi connectivity index (χ2n) is 7.63. The number of hydroxylamine groups is 1. The first-order valence-electron chi connectivity index (χ1n) is 10.6. The maximum Gasteiger partial charge on any atom is 0.277 e. The first-order chi connectivity index (χ1) is 16.0. The van der Waals surface area contributed by atoms with Gasteiger partial charge in [-0.3, -0.25) is 14.9 Å². The Morgan fingerprint density at radius 2 is 1.88 bits per heavy atom. The molecule has 33 heavy (non-hydrogen) atoms. The van der Waals surface area contributed by atoms with Crippen molar-refractivity contribution < 1.29 is 23.2 Å². The zero-order valence-electron chi connectivity index (χ0n) is 17.9. The molecule has 1 fully saturated rings. The lowest BCUT2D eigenvalue weighted by atomic mass is 10.2. The van der Waals surface area contributed by atoms with E-state index < -0.39 is 15.9 Å². The second kappa shape index (κ2) is 10.3. The van der Waals surface area contributed by atoms with E-state index in [4.69, 9.17) is 9.94 Å². The van der Waals surface area contributed by atoms with Crippen LogP contribution in [0.4, 0.5) is 0 Å². The van der Waals surface area contributed by atoms with E-state index in [1.54, 1.807) is 18.2 Å². The number of nitrogens with one attached hydrogen (secondary N) is 1. The fourth-order valence-electron chi connectivity index (χ4n) is 3.58. The van der Waals surface area contributed by atoms with Crippen LogP contribution in [0.15, 0.2) is 65.1 Å². The maximum atomic E-state index is 13.0. The zero-order valence-corrected chi connectivity index (χ0v) is 19.5. The number of carbonyl (C=O) groups is 1. The molecule has 1 aliphatic heterocycles. The topological polar surface area (TPSA) is 101 Å². The minimum absolute atomic E-state index is 0.211. The fourth-order valence-corrected chi connectivity index (χ4v) is 6.20.